The third-order valence-electron chi connectivity index (χ3n) is 3.81. The van der Waals surface area contributed by atoms with Gasteiger partial charge in [0.05, 0.1) is 0 Å². The number of fused-ring (bicyclic) bond motifs is 1. The van der Waals surface area contributed by atoms with Gasteiger partial charge in [-0.1, -0.05) is 12.1 Å². The Balaban J connectivity index is 1.79. The molecule has 2 aromatic rings. The number of carbonyl (C=O) groups is 1. The van der Waals surface area contributed by atoms with Gasteiger partial charge < -0.3 is 10.4 Å². The highest BCUT2D eigenvalue weighted by molar-refractivity contribution is 7.12. The van der Waals surface area contributed by atoms with Crippen LogP contribution in [0, 0.1) is 0 Å². The minimum absolute atomic E-state index is 0.433. The molecule has 0 saturated carbocycles. The fraction of sp³-hybridized carbons (Fsp3) is 0.312. The quantitative estimate of drug-likeness (QED) is 0.895. The molecular formula is C16H17NO2S. The van der Waals surface area contributed by atoms with Gasteiger partial charge >= 0.3 is 5.97 Å². The van der Waals surface area contributed by atoms with E-state index in [0.29, 0.717) is 11.4 Å². The third-order valence-corrected chi connectivity index (χ3v) is 4.75. The molecule has 1 heterocycles. The number of rotatable bonds is 4. The Labute approximate surface area is 122 Å². The van der Waals surface area contributed by atoms with E-state index >= 15 is 0 Å². The van der Waals surface area contributed by atoms with Crippen molar-refractivity contribution in [2.24, 2.45) is 0 Å². The zero-order valence-electron chi connectivity index (χ0n) is 11.2. The molecular weight excluding hydrogens is 270 g/mol. The molecule has 0 aliphatic heterocycles. The second kappa shape index (κ2) is 5.67. The molecule has 1 aromatic heterocycles. The molecule has 3 rings (SSSR count). The first kappa shape index (κ1) is 13.2. The Morgan fingerprint density at radius 2 is 2.10 bits per heavy atom. The molecule has 2 N–H and O–H groups in total. The molecule has 1 aliphatic rings. The van der Waals surface area contributed by atoms with Crippen LogP contribution in [-0.4, -0.2) is 11.1 Å². The van der Waals surface area contributed by atoms with Crippen molar-refractivity contribution in [1.82, 2.24) is 0 Å². The third kappa shape index (κ3) is 2.56. The molecule has 0 atom stereocenters. The van der Waals surface area contributed by atoms with Crippen molar-refractivity contribution < 1.29 is 9.90 Å². The lowest BCUT2D eigenvalue weighted by Crippen LogP contribution is -2.09. The van der Waals surface area contributed by atoms with E-state index in [1.54, 1.807) is 0 Å². The Kier molecular flexibility index (Phi) is 3.74. The second-order valence-electron chi connectivity index (χ2n) is 5.08. The maximum atomic E-state index is 11.1. The summed E-state index contributed by atoms with van der Waals surface area (Å²) in [4.78, 5) is 11.5. The summed E-state index contributed by atoms with van der Waals surface area (Å²) < 4.78 is 0. The summed E-state index contributed by atoms with van der Waals surface area (Å²) >= 11 is 1.28. The number of carboxylic acids is 1. The van der Waals surface area contributed by atoms with Crippen LogP contribution in [-0.2, 0) is 19.4 Å². The van der Waals surface area contributed by atoms with Crippen LogP contribution in [0.3, 0.4) is 0 Å². The van der Waals surface area contributed by atoms with E-state index in [1.165, 1.54) is 35.3 Å². The van der Waals surface area contributed by atoms with E-state index in [9.17, 15) is 4.79 Å². The van der Waals surface area contributed by atoms with E-state index in [0.717, 1.165) is 24.1 Å². The smallest absolute Gasteiger partial charge is 0.346 e. The first-order valence-electron chi connectivity index (χ1n) is 6.90. The van der Waals surface area contributed by atoms with Gasteiger partial charge in [-0.3, -0.25) is 0 Å². The highest BCUT2D eigenvalue weighted by Crippen LogP contribution is 2.28. The van der Waals surface area contributed by atoms with Crippen molar-refractivity contribution in [1.29, 1.82) is 0 Å². The Morgan fingerprint density at radius 1 is 1.25 bits per heavy atom. The van der Waals surface area contributed by atoms with Crippen LogP contribution in [0.15, 0.2) is 29.6 Å². The van der Waals surface area contributed by atoms with Gasteiger partial charge in [-0.15, -0.1) is 11.3 Å². The first-order chi connectivity index (χ1) is 9.75. The molecule has 0 amide bonds. The van der Waals surface area contributed by atoms with Crippen molar-refractivity contribution in [3.8, 4) is 0 Å². The lowest BCUT2D eigenvalue weighted by Gasteiger charge is -2.20. The largest absolute Gasteiger partial charge is 0.477 e. The number of hydrogen-bond donors (Lipinski definition) is 2. The van der Waals surface area contributed by atoms with Crippen molar-refractivity contribution in [2.75, 3.05) is 5.32 Å². The average Bonchev–Trinajstić information content (AvgIpc) is 2.93. The molecule has 20 heavy (non-hydrogen) atoms. The maximum Gasteiger partial charge on any atom is 0.346 e. The summed E-state index contributed by atoms with van der Waals surface area (Å²) in [5, 5.41) is 14.4. The van der Waals surface area contributed by atoms with Crippen LogP contribution in [0.25, 0.3) is 0 Å². The molecule has 3 nitrogen and oxygen atoms in total. The van der Waals surface area contributed by atoms with Crippen molar-refractivity contribution in [2.45, 2.75) is 32.2 Å². The summed E-state index contributed by atoms with van der Waals surface area (Å²) in [6, 6.07) is 8.26. The minimum Gasteiger partial charge on any atom is -0.477 e. The van der Waals surface area contributed by atoms with E-state index in [2.05, 4.69) is 23.5 Å². The van der Waals surface area contributed by atoms with Gasteiger partial charge in [0.2, 0.25) is 0 Å². The first-order valence-corrected chi connectivity index (χ1v) is 7.78. The number of hydrogen-bond acceptors (Lipinski definition) is 3. The van der Waals surface area contributed by atoms with Crippen LogP contribution in [0.1, 0.15) is 39.2 Å². The molecule has 0 saturated heterocycles. The predicted molar refractivity (Wildman–Crippen MR) is 81.7 cm³/mol. The normalized spacial score (nSPS) is 13.8. The molecule has 0 radical (unpaired) electrons. The Bertz CT molecular complexity index is 633. The van der Waals surface area contributed by atoms with E-state index in [-0.39, 0.29) is 0 Å². The van der Waals surface area contributed by atoms with E-state index in [4.69, 9.17) is 5.11 Å². The highest BCUT2D eigenvalue weighted by atomic mass is 32.1. The SMILES string of the molecule is O=C(O)c1sccc1CNc1cccc2c1CCCC2. The lowest BCUT2D eigenvalue weighted by atomic mass is 9.90. The zero-order chi connectivity index (χ0) is 13.9. The monoisotopic (exact) mass is 287 g/mol. The minimum atomic E-state index is -0.841. The van der Waals surface area contributed by atoms with Crippen molar-refractivity contribution in [3.05, 3.63) is 51.2 Å². The molecule has 4 heteroatoms. The van der Waals surface area contributed by atoms with Gasteiger partial charge in [0.1, 0.15) is 4.88 Å². The molecule has 0 bridgehead atoms. The summed E-state index contributed by atoms with van der Waals surface area (Å²) in [5.74, 6) is -0.841. The predicted octanol–water partition coefficient (Wildman–Crippen LogP) is 3.94. The van der Waals surface area contributed by atoms with Gasteiger partial charge in [0, 0.05) is 12.2 Å². The van der Waals surface area contributed by atoms with Crippen LogP contribution in [0.2, 0.25) is 0 Å². The number of nitrogens with one attached hydrogen (secondary N) is 1. The summed E-state index contributed by atoms with van der Waals surface area (Å²) in [6.07, 6.45) is 4.78. The van der Waals surface area contributed by atoms with Gasteiger partial charge in [0.25, 0.3) is 0 Å². The van der Waals surface area contributed by atoms with E-state index < -0.39 is 5.97 Å². The van der Waals surface area contributed by atoms with Gasteiger partial charge in [-0.25, -0.2) is 4.79 Å². The Hall–Kier alpha value is -1.81. The van der Waals surface area contributed by atoms with Crippen LogP contribution >= 0.6 is 11.3 Å². The second-order valence-corrected chi connectivity index (χ2v) is 6.00. The standard InChI is InChI=1S/C16H17NO2S/c18-16(19)15-12(8-9-20-15)10-17-14-7-3-5-11-4-1-2-6-13(11)14/h3,5,7-9,17H,1-2,4,6,10H2,(H,18,19). The highest BCUT2D eigenvalue weighted by Gasteiger charge is 2.14. The van der Waals surface area contributed by atoms with Crippen LogP contribution in [0.4, 0.5) is 5.69 Å². The molecule has 0 fully saturated rings. The number of carboxylic acid groups (broad SMARTS) is 1. The number of thiophene rings is 1. The summed E-state index contributed by atoms with van der Waals surface area (Å²) in [7, 11) is 0. The van der Waals surface area contributed by atoms with Crippen LogP contribution < -0.4 is 5.32 Å². The molecule has 104 valence electrons. The fourth-order valence-corrected chi connectivity index (χ4v) is 3.56. The zero-order valence-corrected chi connectivity index (χ0v) is 12.0. The van der Waals surface area contributed by atoms with Gasteiger partial charge in [-0.2, -0.15) is 0 Å². The molecule has 0 spiro atoms. The number of aromatic carboxylic acids is 1. The number of aryl methyl sites for hydroxylation is 1. The van der Waals surface area contributed by atoms with Gasteiger partial charge in [0.15, 0.2) is 0 Å². The topological polar surface area (TPSA) is 49.3 Å². The fourth-order valence-electron chi connectivity index (χ4n) is 2.80. The molecule has 0 unspecified atom stereocenters. The number of anilines is 1. The van der Waals surface area contributed by atoms with Gasteiger partial charge in [-0.05, 0) is 59.9 Å². The molecule has 1 aliphatic carbocycles. The lowest BCUT2D eigenvalue weighted by molar-refractivity contribution is 0.0701. The van der Waals surface area contributed by atoms with Crippen molar-refractivity contribution in [3.63, 3.8) is 0 Å². The van der Waals surface area contributed by atoms with Crippen LogP contribution in [0.5, 0.6) is 0 Å². The average molecular weight is 287 g/mol. The van der Waals surface area contributed by atoms with Crippen molar-refractivity contribution >= 4 is 23.0 Å². The number of benzene rings is 1. The maximum absolute atomic E-state index is 11.1. The Morgan fingerprint density at radius 3 is 2.95 bits per heavy atom. The summed E-state index contributed by atoms with van der Waals surface area (Å²) in [6.45, 7) is 0.571. The molecule has 1 aromatic carbocycles. The van der Waals surface area contributed by atoms with E-state index in [1.807, 2.05) is 11.4 Å². The summed E-state index contributed by atoms with van der Waals surface area (Å²) in [5.41, 5.74) is 4.86.